The second-order valence-electron chi connectivity index (χ2n) is 6.03. The number of hydrogen-bond acceptors (Lipinski definition) is 1. The molecule has 2 rings (SSSR count). The highest BCUT2D eigenvalue weighted by Gasteiger charge is 2.36. The van der Waals surface area contributed by atoms with Gasteiger partial charge < -0.3 is 0 Å². The zero-order valence-electron chi connectivity index (χ0n) is 11.9. The van der Waals surface area contributed by atoms with Crippen molar-refractivity contribution in [2.75, 3.05) is 0 Å². The molecule has 19 heavy (non-hydrogen) atoms. The molecule has 2 unspecified atom stereocenters. The van der Waals surface area contributed by atoms with Gasteiger partial charge in [-0.1, -0.05) is 49.9 Å². The van der Waals surface area contributed by atoms with E-state index >= 15 is 0 Å². The molecule has 2 heteroatoms. The summed E-state index contributed by atoms with van der Waals surface area (Å²) in [4.78, 5) is 0. The summed E-state index contributed by atoms with van der Waals surface area (Å²) in [6.45, 7) is 4.28. The summed E-state index contributed by atoms with van der Waals surface area (Å²) in [6.07, 6.45) is 6.50. The van der Waals surface area contributed by atoms with Gasteiger partial charge in [0.05, 0.1) is 11.5 Å². The fraction of sp³-hybridized carbons (Fsp3) is 0.588. The molecule has 2 atom stereocenters. The molecule has 0 saturated heterocycles. The second-order valence-corrected chi connectivity index (χ2v) is 6.44. The Kier molecular flexibility index (Phi) is 4.53. The van der Waals surface area contributed by atoms with Crippen LogP contribution in [0.5, 0.6) is 0 Å². The van der Waals surface area contributed by atoms with E-state index in [4.69, 9.17) is 11.6 Å². The fourth-order valence-corrected chi connectivity index (χ4v) is 3.60. The van der Waals surface area contributed by atoms with Crippen LogP contribution in [-0.4, -0.2) is 0 Å². The highest BCUT2D eigenvalue weighted by atomic mass is 35.5. The maximum Gasteiger partial charge on any atom is 0.0693 e. The van der Waals surface area contributed by atoms with Crippen LogP contribution >= 0.6 is 11.6 Å². The molecule has 1 nitrogen and oxygen atoms in total. The van der Waals surface area contributed by atoms with Crippen LogP contribution in [0.4, 0.5) is 0 Å². The Morgan fingerprint density at radius 3 is 2.89 bits per heavy atom. The summed E-state index contributed by atoms with van der Waals surface area (Å²) in [6, 6.07) is 8.79. The summed E-state index contributed by atoms with van der Waals surface area (Å²) >= 11 is 6.33. The van der Waals surface area contributed by atoms with Crippen LogP contribution in [0, 0.1) is 29.6 Å². The van der Waals surface area contributed by atoms with E-state index in [-0.39, 0.29) is 5.41 Å². The maximum atomic E-state index is 9.67. The minimum atomic E-state index is -0.197. The lowest BCUT2D eigenvalue weighted by atomic mass is 9.67. The fourth-order valence-electron chi connectivity index (χ4n) is 3.30. The van der Waals surface area contributed by atoms with Crippen LogP contribution in [0.25, 0.3) is 0 Å². The lowest BCUT2D eigenvalue weighted by Gasteiger charge is -2.35. The van der Waals surface area contributed by atoms with Gasteiger partial charge in [-0.2, -0.15) is 5.26 Å². The van der Waals surface area contributed by atoms with Gasteiger partial charge in [-0.15, -0.1) is 0 Å². The minimum Gasteiger partial charge on any atom is -0.198 e. The number of nitrogens with zero attached hydrogens (tertiary/aromatic N) is 1. The van der Waals surface area contributed by atoms with Crippen molar-refractivity contribution in [2.45, 2.75) is 52.4 Å². The predicted octanol–water partition coefficient (Wildman–Crippen LogP) is 5.30. The number of halogens is 1. The molecule has 1 fully saturated rings. The van der Waals surface area contributed by atoms with E-state index in [2.05, 4.69) is 25.1 Å². The van der Waals surface area contributed by atoms with Gasteiger partial charge in [0.1, 0.15) is 0 Å². The van der Waals surface area contributed by atoms with Crippen molar-refractivity contribution in [3.63, 3.8) is 0 Å². The van der Waals surface area contributed by atoms with Gasteiger partial charge in [0.25, 0.3) is 0 Å². The van der Waals surface area contributed by atoms with Crippen molar-refractivity contribution in [3.05, 3.63) is 34.3 Å². The average molecular weight is 276 g/mol. The molecule has 0 spiro atoms. The van der Waals surface area contributed by atoms with Gasteiger partial charge in [-0.25, -0.2) is 0 Å². The summed E-state index contributed by atoms with van der Waals surface area (Å²) in [7, 11) is 0. The normalized spacial score (nSPS) is 26.9. The van der Waals surface area contributed by atoms with Gasteiger partial charge in [0.2, 0.25) is 0 Å². The van der Waals surface area contributed by atoms with Gasteiger partial charge in [-0.05, 0) is 49.3 Å². The minimum absolute atomic E-state index is 0.197. The first-order valence-electron chi connectivity index (χ1n) is 7.25. The largest absolute Gasteiger partial charge is 0.198 e. The number of nitriles is 1. The predicted molar refractivity (Wildman–Crippen MR) is 80.2 cm³/mol. The molecule has 0 aromatic heterocycles. The topological polar surface area (TPSA) is 23.8 Å². The molecule has 1 aromatic rings. The number of aryl methyl sites for hydroxylation is 1. The number of hydrogen-bond donors (Lipinski definition) is 0. The monoisotopic (exact) mass is 275 g/mol. The van der Waals surface area contributed by atoms with E-state index in [0.717, 1.165) is 29.8 Å². The van der Waals surface area contributed by atoms with E-state index in [1.54, 1.807) is 0 Å². The maximum absolute atomic E-state index is 9.67. The van der Waals surface area contributed by atoms with Crippen molar-refractivity contribution in [1.29, 1.82) is 5.26 Å². The SMILES string of the molecule is CCC1CCCC(C#N)(Cc2ccc(C)cc2Cl)C1. The molecule has 1 saturated carbocycles. The molecular weight excluding hydrogens is 254 g/mol. The summed E-state index contributed by atoms with van der Waals surface area (Å²) < 4.78 is 0. The zero-order chi connectivity index (χ0) is 13.9. The van der Waals surface area contributed by atoms with Crippen molar-refractivity contribution in [1.82, 2.24) is 0 Å². The van der Waals surface area contributed by atoms with E-state index in [1.807, 2.05) is 13.0 Å². The van der Waals surface area contributed by atoms with E-state index < -0.39 is 0 Å². The van der Waals surface area contributed by atoms with Crippen LogP contribution in [0.2, 0.25) is 5.02 Å². The second kappa shape index (κ2) is 5.97. The lowest BCUT2D eigenvalue weighted by Crippen LogP contribution is -2.29. The Balaban J connectivity index is 2.21. The smallest absolute Gasteiger partial charge is 0.0693 e. The molecule has 0 N–H and O–H groups in total. The first kappa shape index (κ1) is 14.4. The van der Waals surface area contributed by atoms with E-state index in [9.17, 15) is 5.26 Å². The highest BCUT2D eigenvalue weighted by molar-refractivity contribution is 6.31. The van der Waals surface area contributed by atoms with Crippen molar-refractivity contribution >= 4 is 11.6 Å². The Morgan fingerprint density at radius 1 is 1.47 bits per heavy atom. The molecule has 0 aliphatic heterocycles. The van der Waals surface area contributed by atoms with Crippen LogP contribution in [0.15, 0.2) is 18.2 Å². The third-order valence-electron chi connectivity index (χ3n) is 4.50. The molecule has 1 aliphatic carbocycles. The van der Waals surface area contributed by atoms with Crippen LogP contribution in [-0.2, 0) is 6.42 Å². The number of rotatable bonds is 3. The van der Waals surface area contributed by atoms with Crippen LogP contribution < -0.4 is 0 Å². The first-order valence-corrected chi connectivity index (χ1v) is 7.62. The zero-order valence-corrected chi connectivity index (χ0v) is 12.6. The Labute approximate surface area is 121 Å². The third-order valence-corrected chi connectivity index (χ3v) is 4.85. The van der Waals surface area contributed by atoms with Gasteiger partial charge >= 0.3 is 0 Å². The summed E-state index contributed by atoms with van der Waals surface area (Å²) in [5.41, 5.74) is 2.11. The first-order chi connectivity index (χ1) is 9.08. The van der Waals surface area contributed by atoms with Gasteiger partial charge in [0.15, 0.2) is 0 Å². The third kappa shape index (κ3) is 3.31. The molecule has 1 aliphatic rings. The van der Waals surface area contributed by atoms with Crippen molar-refractivity contribution < 1.29 is 0 Å². The van der Waals surface area contributed by atoms with Gasteiger partial charge in [0, 0.05) is 5.02 Å². The standard InChI is InChI=1S/C17H22ClN/c1-3-14-5-4-8-17(10-14,12-19)11-15-7-6-13(2)9-16(15)18/h6-7,9,14H,3-5,8,10-11H2,1-2H3. The Morgan fingerprint density at radius 2 is 2.26 bits per heavy atom. The number of benzene rings is 1. The van der Waals surface area contributed by atoms with Crippen molar-refractivity contribution in [2.24, 2.45) is 11.3 Å². The average Bonchev–Trinajstić information content (AvgIpc) is 2.42. The lowest BCUT2D eigenvalue weighted by molar-refractivity contribution is 0.194. The Bertz CT molecular complexity index is 489. The Hall–Kier alpha value is -1.00. The molecular formula is C17H22ClN. The van der Waals surface area contributed by atoms with E-state index in [0.29, 0.717) is 5.92 Å². The molecule has 0 radical (unpaired) electrons. The molecule has 0 heterocycles. The molecule has 0 amide bonds. The molecule has 102 valence electrons. The molecule has 1 aromatic carbocycles. The summed E-state index contributed by atoms with van der Waals surface area (Å²) in [5.74, 6) is 0.706. The van der Waals surface area contributed by atoms with Crippen LogP contribution in [0.3, 0.4) is 0 Å². The van der Waals surface area contributed by atoms with Crippen LogP contribution in [0.1, 0.15) is 50.2 Å². The quantitative estimate of drug-likeness (QED) is 0.734. The highest BCUT2D eigenvalue weighted by Crippen LogP contribution is 2.43. The van der Waals surface area contributed by atoms with Gasteiger partial charge in [-0.3, -0.25) is 0 Å². The van der Waals surface area contributed by atoms with Crippen molar-refractivity contribution in [3.8, 4) is 6.07 Å². The molecule has 0 bridgehead atoms. The summed E-state index contributed by atoms with van der Waals surface area (Å²) in [5, 5.41) is 10.5. The van der Waals surface area contributed by atoms with E-state index in [1.165, 1.54) is 24.8 Å².